The third kappa shape index (κ3) is 4.99. The van der Waals surface area contributed by atoms with Gasteiger partial charge in [-0.1, -0.05) is 25.1 Å². The van der Waals surface area contributed by atoms with Crippen molar-refractivity contribution in [3.8, 4) is 5.75 Å². The van der Waals surface area contributed by atoms with Gasteiger partial charge in [0.15, 0.2) is 0 Å². The van der Waals surface area contributed by atoms with Gasteiger partial charge in [0.05, 0.1) is 19.3 Å². The van der Waals surface area contributed by atoms with Gasteiger partial charge < -0.3 is 20.7 Å². The van der Waals surface area contributed by atoms with Crippen molar-refractivity contribution in [1.29, 1.82) is 0 Å². The van der Waals surface area contributed by atoms with Gasteiger partial charge in [0.1, 0.15) is 5.75 Å². The summed E-state index contributed by atoms with van der Waals surface area (Å²) in [5.74, 6) is 0.281. The molecule has 0 atom stereocenters. The lowest BCUT2D eigenvalue weighted by Gasteiger charge is -2.15. The third-order valence-corrected chi connectivity index (χ3v) is 3.96. The van der Waals surface area contributed by atoms with Crippen molar-refractivity contribution in [2.75, 3.05) is 29.6 Å². The fraction of sp³-hybridized carbons (Fsp3) is 0.300. The molecule has 138 valence electrons. The first kappa shape index (κ1) is 19.3. The number of methoxy groups -OCH3 is 1. The molecular weight excluding hydrogens is 330 g/mol. The summed E-state index contributed by atoms with van der Waals surface area (Å²) < 4.78 is 5.30. The van der Waals surface area contributed by atoms with Crippen LogP contribution in [-0.2, 0) is 16.0 Å². The number of anilines is 3. The second kappa shape index (κ2) is 8.89. The molecule has 0 aliphatic carbocycles. The van der Waals surface area contributed by atoms with Crippen molar-refractivity contribution in [3.63, 3.8) is 0 Å². The first-order valence-corrected chi connectivity index (χ1v) is 8.52. The van der Waals surface area contributed by atoms with E-state index in [9.17, 15) is 9.59 Å². The molecule has 0 aliphatic heterocycles. The maximum absolute atomic E-state index is 12.4. The minimum atomic E-state index is -0.162. The van der Waals surface area contributed by atoms with Gasteiger partial charge in [-0.25, -0.2) is 0 Å². The second-order valence-corrected chi connectivity index (χ2v) is 5.96. The zero-order valence-corrected chi connectivity index (χ0v) is 15.6. The Labute approximate surface area is 153 Å². The molecule has 6 heteroatoms. The Hall–Kier alpha value is -3.02. The number of hydrogen-bond donors (Lipinski definition) is 3. The number of nitrogens with one attached hydrogen (secondary N) is 3. The van der Waals surface area contributed by atoms with E-state index in [4.69, 9.17) is 4.74 Å². The Morgan fingerprint density at radius 1 is 1.12 bits per heavy atom. The van der Waals surface area contributed by atoms with Crippen molar-refractivity contribution < 1.29 is 14.3 Å². The third-order valence-electron chi connectivity index (χ3n) is 3.96. The Balaban J connectivity index is 2.08. The van der Waals surface area contributed by atoms with Crippen LogP contribution in [0.2, 0.25) is 0 Å². The molecule has 0 bridgehead atoms. The summed E-state index contributed by atoms with van der Waals surface area (Å²) >= 11 is 0. The Morgan fingerprint density at radius 2 is 1.88 bits per heavy atom. The topological polar surface area (TPSA) is 79.5 Å². The quantitative estimate of drug-likeness (QED) is 0.709. The summed E-state index contributed by atoms with van der Waals surface area (Å²) in [6, 6.07) is 11.2. The first-order valence-electron chi connectivity index (χ1n) is 8.52. The number of carbonyl (C=O) groups is 2. The highest BCUT2D eigenvalue weighted by atomic mass is 16.5. The van der Waals surface area contributed by atoms with E-state index in [1.807, 2.05) is 25.1 Å². The van der Waals surface area contributed by atoms with E-state index >= 15 is 0 Å². The van der Waals surface area contributed by atoms with Crippen LogP contribution in [0.5, 0.6) is 5.75 Å². The van der Waals surface area contributed by atoms with E-state index in [-0.39, 0.29) is 18.4 Å². The van der Waals surface area contributed by atoms with Crippen molar-refractivity contribution in [3.05, 3.63) is 47.5 Å². The molecule has 3 N–H and O–H groups in total. The number of hydrogen-bond acceptors (Lipinski definition) is 4. The van der Waals surface area contributed by atoms with Crippen LogP contribution >= 0.6 is 0 Å². The molecule has 2 amide bonds. The van der Waals surface area contributed by atoms with Crippen molar-refractivity contribution >= 4 is 28.9 Å². The predicted molar refractivity (Wildman–Crippen MR) is 105 cm³/mol. The van der Waals surface area contributed by atoms with Crippen LogP contribution in [0.1, 0.15) is 25.0 Å². The summed E-state index contributed by atoms with van der Waals surface area (Å²) in [7, 11) is 1.56. The molecule has 0 fully saturated rings. The fourth-order valence-corrected chi connectivity index (χ4v) is 2.69. The minimum Gasteiger partial charge on any atom is -0.495 e. The molecule has 0 saturated carbocycles. The van der Waals surface area contributed by atoms with Gasteiger partial charge in [-0.15, -0.1) is 0 Å². The number of amides is 2. The Kier molecular flexibility index (Phi) is 6.60. The number of carbonyl (C=O) groups excluding carboxylic acids is 2. The van der Waals surface area contributed by atoms with Gasteiger partial charge in [-0.3, -0.25) is 9.59 Å². The highest BCUT2D eigenvalue weighted by molar-refractivity contribution is 5.95. The molecule has 2 aromatic carbocycles. The van der Waals surface area contributed by atoms with Crippen LogP contribution in [0.25, 0.3) is 0 Å². The summed E-state index contributed by atoms with van der Waals surface area (Å²) in [5, 5.41) is 8.75. The van der Waals surface area contributed by atoms with E-state index in [0.29, 0.717) is 17.1 Å². The van der Waals surface area contributed by atoms with Crippen LogP contribution < -0.4 is 20.7 Å². The smallest absolute Gasteiger partial charge is 0.243 e. The molecule has 2 rings (SSSR count). The summed E-state index contributed by atoms with van der Waals surface area (Å²) in [6.07, 6.45) is 0.845. The highest BCUT2D eigenvalue weighted by Gasteiger charge is 2.11. The second-order valence-electron chi connectivity index (χ2n) is 5.96. The molecular formula is C20H25N3O3. The zero-order chi connectivity index (χ0) is 19.1. The van der Waals surface area contributed by atoms with Crippen LogP contribution in [0.15, 0.2) is 36.4 Å². The summed E-state index contributed by atoms with van der Waals surface area (Å²) in [4.78, 5) is 23.6. The van der Waals surface area contributed by atoms with Gasteiger partial charge in [-0.2, -0.15) is 0 Å². The lowest BCUT2D eigenvalue weighted by molar-refractivity contribution is -0.115. The van der Waals surface area contributed by atoms with Crippen LogP contribution in [0, 0.1) is 6.92 Å². The van der Waals surface area contributed by atoms with Crippen molar-refractivity contribution in [2.24, 2.45) is 0 Å². The highest BCUT2D eigenvalue weighted by Crippen LogP contribution is 2.28. The number of ether oxygens (including phenoxy) is 1. The molecule has 2 aromatic rings. The monoisotopic (exact) mass is 355 g/mol. The minimum absolute atomic E-state index is 0.0807. The van der Waals surface area contributed by atoms with E-state index in [0.717, 1.165) is 23.2 Å². The molecule has 0 aromatic heterocycles. The summed E-state index contributed by atoms with van der Waals surface area (Å²) in [6.45, 7) is 5.55. The van der Waals surface area contributed by atoms with E-state index < -0.39 is 0 Å². The van der Waals surface area contributed by atoms with Gasteiger partial charge in [-0.05, 0) is 42.7 Å². The molecule has 6 nitrogen and oxygen atoms in total. The van der Waals surface area contributed by atoms with Crippen LogP contribution in [-0.4, -0.2) is 25.5 Å². The zero-order valence-electron chi connectivity index (χ0n) is 15.6. The number of benzene rings is 2. The number of aryl methyl sites for hydroxylation is 2. The fourth-order valence-electron chi connectivity index (χ4n) is 2.69. The van der Waals surface area contributed by atoms with Crippen molar-refractivity contribution in [1.82, 2.24) is 0 Å². The standard InChI is InChI=1S/C20H25N3O3/c1-5-15-8-6-7-13(2)20(15)23-19(25)12-21-17-11-16(22-14(3)24)9-10-18(17)26-4/h6-11,21H,5,12H2,1-4H3,(H,22,24)(H,23,25). The SMILES string of the molecule is CCc1cccc(C)c1NC(=O)CNc1cc(NC(C)=O)ccc1OC. The molecule has 0 aliphatic rings. The molecule has 0 heterocycles. The number of rotatable bonds is 7. The maximum Gasteiger partial charge on any atom is 0.243 e. The lowest BCUT2D eigenvalue weighted by Crippen LogP contribution is -2.23. The van der Waals surface area contributed by atoms with Gasteiger partial charge in [0.2, 0.25) is 11.8 Å². The molecule has 0 radical (unpaired) electrons. The first-order chi connectivity index (χ1) is 12.4. The van der Waals surface area contributed by atoms with Crippen LogP contribution in [0.3, 0.4) is 0 Å². The average molecular weight is 355 g/mol. The normalized spacial score (nSPS) is 10.2. The van der Waals surface area contributed by atoms with E-state index in [2.05, 4.69) is 22.9 Å². The van der Waals surface area contributed by atoms with Crippen LogP contribution in [0.4, 0.5) is 17.1 Å². The largest absolute Gasteiger partial charge is 0.495 e. The van der Waals surface area contributed by atoms with Crippen molar-refractivity contribution in [2.45, 2.75) is 27.2 Å². The lowest BCUT2D eigenvalue weighted by atomic mass is 10.1. The van der Waals surface area contributed by atoms with Gasteiger partial charge in [0.25, 0.3) is 0 Å². The molecule has 26 heavy (non-hydrogen) atoms. The maximum atomic E-state index is 12.4. The van der Waals surface area contributed by atoms with E-state index in [1.165, 1.54) is 6.92 Å². The molecule has 0 saturated heterocycles. The van der Waals surface area contributed by atoms with Gasteiger partial charge in [0, 0.05) is 18.3 Å². The Bertz CT molecular complexity index is 803. The molecule has 0 spiro atoms. The average Bonchev–Trinajstić information content (AvgIpc) is 2.61. The predicted octanol–water partition coefficient (Wildman–Crippen LogP) is 3.58. The van der Waals surface area contributed by atoms with Gasteiger partial charge >= 0.3 is 0 Å². The molecule has 0 unspecified atom stereocenters. The summed E-state index contributed by atoms with van der Waals surface area (Å²) in [5.41, 5.74) is 4.26. The number of para-hydroxylation sites is 1. The van der Waals surface area contributed by atoms with E-state index in [1.54, 1.807) is 25.3 Å². The Morgan fingerprint density at radius 3 is 2.54 bits per heavy atom.